The lowest BCUT2D eigenvalue weighted by Gasteiger charge is -2.12. The molecule has 0 heterocycles. The minimum Gasteiger partial charge on any atom is -0.473 e. The van der Waals surface area contributed by atoms with Crippen molar-refractivity contribution < 1.29 is 14.3 Å². The van der Waals surface area contributed by atoms with Crippen LogP contribution in [0.15, 0.2) is 42.5 Å². The number of nitrogens with one attached hydrogen (secondary N) is 2. The van der Waals surface area contributed by atoms with Gasteiger partial charge in [-0.2, -0.15) is 0 Å². The molecule has 2 rings (SSSR count). The molecule has 0 aromatic heterocycles. The third-order valence-electron chi connectivity index (χ3n) is 3.39. The molecule has 23 heavy (non-hydrogen) atoms. The van der Waals surface area contributed by atoms with Crippen LogP contribution in [0.25, 0.3) is 0 Å². The van der Waals surface area contributed by atoms with Crippen molar-refractivity contribution in [3.05, 3.63) is 59.2 Å². The van der Waals surface area contributed by atoms with Gasteiger partial charge in [0, 0.05) is 0 Å². The molecule has 0 fully saturated rings. The molecule has 6 heteroatoms. The summed E-state index contributed by atoms with van der Waals surface area (Å²) < 4.78 is 5.46. The summed E-state index contributed by atoms with van der Waals surface area (Å²) in [5, 5.41) is 5.12. The molecule has 0 unspecified atom stereocenters. The fourth-order valence-corrected chi connectivity index (χ4v) is 1.96. The number of ether oxygens (including phenoxy) is 1. The molecule has 2 aromatic rings. The first-order valence-electron chi connectivity index (χ1n) is 7.11. The number of carbonyl (C=O) groups is 2. The quantitative estimate of drug-likeness (QED) is 0.741. The van der Waals surface area contributed by atoms with Gasteiger partial charge in [-0.1, -0.05) is 18.2 Å². The molecule has 0 bridgehead atoms. The predicted octanol–water partition coefficient (Wildman–Crippen LogP) is 2.56. The maximum Gasteiger partial charge on any atom is 0.321 e. The number of aryl methyl sites for hydroxylation is 2. The van der Waals surface area contributed by atoms with Crippen molar-refractivity contribution in [2.45, 2.75) is 13.8 Å². The molecule has 3 amide bonds. The molecule has 4 N–H and O–H groups in total. The van der Waals surface area contributed by atoms with Gasteiger partial charge < -0.3 is 21.1 Å². The smallest absolute Gasteiger partial charge is 0.321 e. The largest absolute Gasteiger partial charge is 0.473 e. The second kappa shape index (κ2) is 7.31. The lowest BCUT2D eigenvalue weighted by Crippen LogP contribution is -2.32. The molecule has 0 aliphatic rings. The van der Waals surface area contributed by atoms with E-state index in [1.54, 1.807) is 24.3 Å². The Bertz CT molecular complexity index is 729. The first-order chi connectivity index (χ1) is 11.0. The summed E-state index contributed by atoms with van der Waals surface area (Å²) in [5.41, 5.74) is 8.14. The molecule has 120 valence electrons. The number of anilines is 1. The maximum absolute atomic E-state index is 11.8. The Morgan fingerprint density at radius 1 is 1.09 bits per heavy atom. The molecule has 0 saturated heterocycles. The van der Waals surface area contributed by atoms with Crippen LogP contribution >= 0.6 is 0 Å². The van der Waals surface area contributed by atoms with E-state index in [1.807, 2.05) is 32.0 Å². The van der Waals surface area contributed by atoms with Gasteiger partial charge in [-0.25, -0.2) is 4.79 Å². The highest BCUT2D eigenvalue weighted by atomic mass is 16.5. The van der Waals surface area contributed by atoms with Gasteiger partial charge in [0.2, 0.25) is 0 Å². The van der Waals surface area contributed by atoms with E-state index in [9.17, 15) is 9.59 Å². The van der Waals surface area contributed by atoms with Gasteiger partial charge in [-0.3, -0.25) is 4.79 Å². The van der Waals surface area contributed by atoms with Gasteiger partial charge in [0.25, 0.3) is 5.91 Å². The van der Waals surface area contributed by atoms with Crippen LogP contribution in [0, 0.1) is 13.8 Å². The van der Waals surface area contributed by atoms with Crippen LogP contribution in [0.4, 0.5) is 10.5 Å². The summed E-state index contributed by atoms with van der Waals surface area (Å²) in [7, 11) is 0. The van der Waals surface area contributed by atoms with Crippen LogP contribution < -0.4 is 21.1 Å². The zero-order valence-electron chi connectivity index (χ0n) is 13.1. The molecule has 0 spiro atoms. The van der Waals surface area contributed by atoms with E-state index in [1.165, 1.54) is 5.56 Å². The molecule has 6 nitrogen and oxygen atoms in total. The van der Waals surface area contributed by atoms with E-state index in [-0.39, 0.29) is 12.3 Å². The average Bonchev–Trinajstić information content (AvgIpc) is 2.51. The predicted molar refractivity (Wildman–Crippen MR) is 88.5 cm³/mol. The van der Waals surface area contributed by atoms with Crippen molar-refractivity contribution in [3.8, 4) is 5.75 Å². The Hall–Kier alpha value is -3.02. The molecular formula is C17H19N3O3. The van der Waals surface area contributed by atoms with Crippen LogP contribution in [-0.2, 0) is 0 Å². The summed E-state index contributed by atoms with van der Waals surface area (Å²) in [5.74, 6) is 0.0678. The highest BCUT2D eigenvalue weighted by Gasteiger charge is 2.09. The van der Waals surface area contributed by atoms with E-state index in [4.69, 9.17) is 10.5 Å². The van der Waals surface area contributed by atoms with Crippen LogP contribution in [0.5, 0.6) is 5.75 Å². The third-order valence-corrected chi connectivity index (χ3v) is 3.39. The minimum atomic E-state index is -0.604. The van der Waals surface area contributed by atoms with E-state index >= 15 is 0 Å². The second-order valence-corrected chi connectivity index (χ2v) is 5.08. The summed E-state index contributed by atoms with van der Waals surface area (Å²) in [6.07, 6.45) is 0. The van der Waals surface area contributed by atoms with E-state index in [2.05, 4.69) is 10.6 Å². The lowest BCUT2D eigenvalue weighted by molar-refractivity contribution is 0.100. The standard InChI is InChI=1S/C17H19N3O3/c1-11-7-8-13(9-12(11)2)23-10-19-17(22)20-15-6-4-3-5-14(15)16(18)21/h3-9H,10H2,1-2H3,(H2,18,21)(H2,19,20,22). The monoisotopic (exact) mass is 313 g/mol. The van der Waals surface area contributed by atoms with Crippen LogP contribution in [-0.4, -0.2) is 18.7 Å². The fraction of sp³-hybridized carbons (Fsp3) is 0.176. The Labute approximate surface area is 134 Å². The molecule has 2 aromatic carbocycles. The van der Waals surface area contributed by atoms with E-state index in [0.29, 0.717) is 11.4 Å². The van der Waals surface area contributed by atoms with Crippen molar-refractivity contribution in [1.82, 2.24) is 5.32 Å². The first kappa shape index (κ1) is 16.4. The normalized spacial score (nSPS) is 10.0. The number of nitrogens with two attached hydrogens (primary N) is 1. The number of urea groups is 1. The topological polar surface area (TPSA) is 93.4 Å². The van der Waals surface area contributed by atoms with Gasteiger partial charge in [-0.15, -0.1) is 0 Å². The van der Waals surface area contributed by atoms with Crippen molar-refractivity contribution in [3.63, 3.8) is 0 Å². The van der Waals surface area contributed by atoms with E-state index in [0.717, 1.165) is 5.56 Å². The Morgan fingerprint density at radius 3 is 2.52 bits per heavy atom. The molecule has 0 saturated carbocycles. The zero-order valence-corrected chi connectivity index (χ0v) is 13.1. The Balaban J connectivity index is 1.88. The van der Waals surface area contributed by atoms with Gasteiger partial charge in [-0.05, 0) is 49.2 Å². The van der Waals surface area contributed by atoms with Crippen molar-refractivity contribution in [2.75, 3.05) is 12.0 Å². The summed E-state index contributed by atoms with van der Waals surface area (Å²) in [6, 6.07) is 11.7. The van der Waals surface area contributed by atoms with Crippen molar-refractivity contribution >= 4 is 17.6 Å². The van der Waals surface area contributed by atoms with E-state index < -0.39 is 11.9 Å². The summed E-state index contributed by atoms with van der Waals surface area (Å²) in [6.45, 7) is 4.01. The number of carbonyl (C=O) groups excluding carboxylic acids is 2. The SMILES string of the molecule is Cc1ccc(OCNC(=O)Nc2ccccc2C(N)=O)cc1C. The second-order valence-electron chi connectivity index (χ2n) is 5.08. The highest BCUT2D eigenvalue weighted by molar-refractivity contribution is 6.02. The van der Waals surface area contributed by atoms with Crippen LogP contribution in [0.2, 0.25) is 0 Å². The number of benzene rings is 2. The number of hydrogen-bond acceptors (Lipinski definition) is 3. The lowest BCUT2D eigenvalue weighted by atomic mass is 10.1. The average molecular weight is 313 g/mol. The van der Waals surface area contributed by atoms with Crippen molar-refractivity contribution in [1.29, 1.82) is 0 Å². The molecule has 0 atom stereocenters. The molecule has 0 aliphatic carbocycles. The van der Waals surface area contributed by atoms with Crippen LogP contribution in [0.1, 0.15) is 21.5 Å². The maximum atomic E-state index is 11.8. The van der Waals surface area contributed by atoms with Gasteiger partial charge >= 0.3 is 6.03 Å². The van der Waals surface area contributed by atoms with Gasteiger partial charge in [0.1, 0.15) is 5.75 Å². The zero-order chi connectivity index (χ0) is 16.8. The number of primary amides is 1. The van der Waals surface area contributed by atoms with Gasteiger partial charge in [0.05, 0.1) is 11.3 Å². The Morgan fingerprint density at radius 2 is 1.83 bits per heavy atom. The minimum absolute atomic E-state index is 0.00702. The fourth-order valence-electron chi connectivity index (χ4n) is 1.96. The summed E-state index contributed by atoms with van der Waals surface area (Å²) in [4.78, 5) is 23.1. The molecule has 0 aliphatic heterocycles. The number of para-hydroxylation sites is 1. The summed E-state index contributed by atoms with van der Waals surface area (Å²) >= 11 is 0. The number of amides is 3. The third kappa shape index (κ3) is 4.47. The number of rotatable bonds is 5. The van der Waals surface area contributed by atoms with Crippen LogP contribution in [0.3, 0.4) is 0 Å². The molecule has 0 radical (unpaired) electrons. The van der Waals surface area contributed by atoms with Crippen molar-refractivity contribution in [2.24, 2.45) is 5.73 Å². The first-order valence-corrected chi connectivity index (χ1v) is 7.11. The van der Waals surface area contributed by atoms with Gasteiger partial charge in [0.15, 0.2) is 6.73 Å². The number of hydrogen-bond donors (Lipinski definition) is 3. The molecular weight excluding hydrogens is 294 g/mol. The Kier molecular flexibility index (Phi) is 5.19. The highest BCUT2D eigenvalue weighted by Crippen LogP contribution is 2.16.